The van der Waals surface area contributed by atoms with Crippen LogP contribution in [-0.2, 0) is 6.42 Å². The zero-order chi connectivity index (χ0) is 22.4. The van der Waals surface area contributed by atoms with E-state index in [9.17, 15) is 4.79 Å². The molecule has 3 aromatic carbocycles. The monoisotopic (exact) mass is 431 g/mol. The van der Waals surface area contributed by atoms with Gasteiger partial charge in [-0.3, -0.25) is 4.79 Å². The predicted octanol–water partition coefficient (Wildman–Crippen LogP) is 6.91. The average Bonchev–Trinajstić information content (AvgIpc) is 2.83. The van der Waals surface area contributed by atoms with Gasteiger partial charge in [0.15, 0.2) is 0 Å². The van der Waals surface area contributed by atoms with Crippen molar-refractivity contribution in [2.75, 3.05) is 18.5 Å². The lowest BCUT2D eigenvalue weighted by molar-refractivity contribution is 0.102. The van der Waals surface area contributed by atoms with Crippen LogP contribution in [0.4, 0.5) is 5.69 Å². The third kappa shape index (κ3) is 8.10. The van der Waals surface area contributed by atoms with Crippen LogP contribution in [0.3, 0.4) is 0 Å². The minimum Gasteiger partial charge on any atom is -0.494 e. The van der Waals surface area contributed by atoms with E-state index in [1.54, 1.807) is 12.1 Å². The third-order valence-corrected chi connectivity index (χ3v) is 5.25. The Morgan fingerprint density at radius 1 is 0.719 bits per heavy atom. The molecule has 0 aliphatic carbocycles. The molecule has 0 saturated heterocycles. The van der Waals surface area contributed by atoms with E-state index in [2.05, 4.69) is 24.4 Å². The van der Waals surface area contributed by atoms with E-state index in [-0.39, 0.29) is 5.91 Å². The van der Waals surface area contributed by atoms with Crippen molar-refractivity contribution in [2.45, 2.75) is 45.4 Å². The Hall–Kier alpha value is -3.27. The Labute approximate surface area is 191 Å². The van der Waals surface area contributed by atoms with Gasteiger partial charge in [0.2, 0.25) is 0 Å². The number of rotatable bonds is 13. The van der Waals surface area contributed by atoms with Crippen LogP contribution in [0.5, 0.6) is 11.5 Å². The standard InChI is InChI=1S/C28H33NO3/c1-2-3-4-5-9-21-31-26-16-12-24(13-17-26)28(30)29-25-14-18-27(19-15-25)32-22-20-23-10-7-6-8-11-23/h6-8,10-19H,2-5,9,20-22H2,1H3,(H,29,30). The molecular formula is C28H33NO3. The first-order valence-corrected chi connectivity index (χ1v) is 11.6. The predicted molar refractivity (Wildman–Crippen MR) is 131 cm³/mol. The summed E-state index contributed by atoms with van der Waals surface area (Å²) in [5.41, 5.74) is 2.58. The van der Waals surface area contributed by atoms with Crippen molar-refractivity contribution >= 4 is 11.6 Å². The van der Waals surface area contributed by atoms with Crippen molar-refractivity contribution in [1.82, 2.24) is 0 Å². The van der Waals surface area contributed by atoms with Crippen LogP contribution in [0.25, 0.3) is 0 Å². The van der Waals surface area contributed by atoms with Crippen LogP contribution >= 0.6 is 0 Å². The number of anilines is 1. The Bertz CT molecular complexity index is 921. The molecule has 0 aliphatic heterocycles. The lowest BCUT2D eigenvalue weighted by Gasteiger charge is -2.09. The molecule has 168 valence electrons. The van der Waals surface area contributed by atoms with E-state index in [1.165, 1.54) is 31.2 Å². The fourth-order valence-corrected chi connectivity index (χ4v) is 3.37. The molecule has 0 spiro atoms. The Balaban J connectivity index is 1.40. The highest BCUT2D eigenvalue weighted by Crippen LogP contribution is 2.18. The van der Waals surface area contributed by atoms with Crippen LogP contribution in [0.1, 0.15) is 54.9 Å². The fourth-order valence-electron chi connectivity index (χ4n) is 3.37. The lowest BCUT2D eigenvalue weighted by Crippen LogP contribution is -2.11. The van der Waals surface area contributed by atoms with Gasteiger partial charge in [-0.1, -0.05) is 62.9 Å². The maximum Gasteiger partial charge on any atom is 0.255 e. The summed E-state index contributed by atoms with van der Waals surface area (Å²) in [6.07, 6.45) is 6.92. The maximum atomic E-state index is 12.5. The minimum absolute atomic E-state index is 0.145. The van der Waals surface area contributed by atoms with Gasteiger partial charge in [0.05, 0.1) is 13.2 Å². The Morgan fingerprint density at radius 2 is 1.34 bits per heavy atom. The molecule has 3 aromatic rings. The first-order chi connectivity index (χ1) is 15.7. The van der Waals surface area contributed by atoms with Crippen LogP contribution in [-0.4, -0.2) is 19.1 Å². The Morgan fingerprint density at radius 3 is 2.03 bits per heavy atom. The summed E-state index contributed by atoms with van der Waals surface area (Å²) in [4.78, 5) is 12.5. The molecule has 0 fully saturated rings. The number of carbonyl (C=O) groups is 1. The average molecular weight is 432 g/mol. The van der Waals surface area contributed by atoms with Crippen molar-refractivity contribution in [3.63, 3.8) is 0 Å². The minimum atomic E-state index is -0.145. The summed E-state index contributed by atoms with van der Waals surface area (Å²) in [6, 6.07) is 25.0. The quantitative estimate of drug-likeness (QED) is 0.299. The molecule has 0 unspecified atom stereocenters. The summed E-state index contributed by atoms with van der Waals surface area (Å²) in [7, 11) is 0. The molecule has 0 heterocycles. The molecular weight excluding hydrogens is 398 g/mol. The van der Waals surface area contributed by atoms with Crippen molar-refractivity contribution in [3.8, 4) is 11.5 Å². The highest BCUT2D eigenvalue weighted by molar-refractivity contribution is 6.04. The van der Waals surface area contributed by atoms with E-state index in [1.807, 2.05) is 54.6 Å². The second-order valence-corrected chi connectivity index (χ2v) is 7.85. The van der Waals surface area contributed by atoms with Gasteiger partial charge in [-0.25, -0.2) is 0 Å². The van der Waals surface area contributed by atoms with Gasteiger partial charge in [0.1, 0.15) is 11.5 Å². The van der Waals surface area contributed by atoms with E-state index < -0.39 is 0 Å². The summed E-state index contributed by atoms with van der Waals surface area (Å²) in [6.45, 7) is 3.55. The van der Waals surface area contributed by atoms with E-state index in [4.69, 9.17) is 9.47 Å². The summed E-state index contributed by atoms with van der Waals surface area (Å²) in [5.74, 6) is 1.44. The van der Waals surface area contributed by atoms with Crippen molar-refractivity contribution in [1.29, 1.82) is 0 Å². The van der Waals surface area contributed by atoms with Gasteiger partial charge < -0.3 is 14.8 Å². The number of carbonyl (C=O) groups excluding carboxylic acids is 1. The first kappa shape index (κ1) is 23.4. The van der Waals surface area contributed by atoms with Crippen LogP contribution in [0, 0.1) is 0 Å². The largest absolute Gasteiger partial charge is 0.494 e. The SMILES string of the molecule is CCCCCCCOc1ccc(C(=O)Nc2ccc(OCCc3ccccc3)cc2)cc1. The molecule has 32 heavy (non-hydrogen) atoms. The topological polar surface area (TPSA) is 47.6 Å². The smallest absolute Gasteiger partial charge is 0.255 e. The second-order valence-electron chi connectivity index (χ2n) is 7.85. The number of unbranched alkanes of at least 4 members (excludes halogenated alkanes) is 4. The maximum absolute atomic E-state index is 12.5. The molecule has 0 bridgehead atoms. The van der Waals surface area contributed by atoms with Crippen LogP contribution < -0.4 is 14.8 Å². The first-order valence-electron chi connectivity index (χ1n) is 11.6. The number of hydrogen-bond donors (Lipinski definition) is 1. The number of benzene rings is 3. The van der Waals surface area contributed by atoms with Gasteiger partial charge in [-0.2, -0.15) is 0 Å². The normalized spacial score (nSPS) is 10.5. The van der Waals surface area contributed by atoms with Crippen molar-refractivity contribution in [3.05, 3.63) is 90.0 Å². The molecule has 1 N–H and O–H groups in total. The number of amides is 1. The molecule has 0 aliphatic rings. The van der Waals surface area contributed by atoms with Crippen molar-refractivity contribution in [2.24, 2.45) is 0 Å². The lowest BCUT2D eigenvalue weighted by atomic mass is 10.1. The molecule has 3 rings (SSSR count). The fraction of sp³-hybridized carbons (Fsp3) is 0.321. The molecule has 0 radical (unpaired) electrons. The van der Waals surface area contributed by atoms with E-state index in [0.29, 0.717) is 12.2 Å². The van der Waals surface area contributed by atoms with Gasteiger partial charge in [-0.05, 0) is 60.5 Å². The molecule has 0 atom stereocenters. The Kier molecular flexibility index (Phi) is 9.66. The molecule has 4 heteroatoms. The van der Waals surface area contributed by atoms with Gasteiger partial charge in [0, 0.05) is 17.7 Å². The van der Waals surface area contributed by atoms with E-state index >= 15 is 0 Å². The summed E-state index contributed by atoms with van der Waals surface area (Å²) in [5, 5.41) is 2.92. The molecule has 0 saturated carbocycles. The van der Waals surface area contributed by atoms with Gasteiger partial charge in [0.25, 0.3) is 5.91 Å². The van der Waals surface area contributed by atoms with Gasteiger partial charge in [-0.15, -0.1) is 0 Å². The van der Waals surface area contributed by atoms with Gasteiger partial charge >= 0.3 is 0 Å². The van der Waals surface area contributed by atoms with Crippen LogP contribution in [0.2, 0.25) is 0 Å². The summed E-state index contributed by atoms with van der Waals surface area (Å²) >= 11 is 0. The molecule has 4 nitrogen and oxygen atoms in total. The zero-order valence-corrected chi connectivity index (χ0v) is 18.9. The third-order valence-electron chi connectivity index (χ3n) is 5.25. The number of nitrogens with one attached hydrogen (secondary N) is 1. The highest BCUT2D eigenvalue weighted by atomic mass is 16.5. The highest BCUT2D eigenvalue weighted by Gasteiger charge is 2.07. The number of ether oxygens (including phenoxy) is 2. The van der Waals surface area contributed by atoms with E-state index in [0.717, 1.165) is 36.6 Å². The zero-order valence-electron chi connectivity index (χ0n) is 18.9. The second kappa shape index (κ2) is 13.2. The summed E-state index contributed by atoms with van der Waals surface area (Å²) < 4.78 is 11.6. The van der Waals surface area contributed by atoms with Crippen LogP contribution in [0.15, 0.2) is 78.9 Å². The molecule has 1 amide bonds. The molecule has 0 aromatic heterocycles. The van der Waals surface area contributed by atoms with Crippen molar-refractivity contribution < 1.29 is 14.3 Å². The number of hydrogen-bond acceptors (Lipinski definition) is 3.